The zero-order valence-corrected chi connectivity index (χ0v) is 9.07. The number of benzene rings is 1. The number of sulfonamides is 1. The van der Waals surface area contributed by atoms with Gasteiger partial charge in [-0.1, -0.05) is 11.2 Å². The second-order valence-electron chi connectivity index (χ2n) is 3.26. The lowest BCUT2D eigenvalue weighted by atomic mass is 10.1. The first-order valence-corrected chi connectivity index (χ1v) is 5.92. The zero-order valence-electron chi connectivity index (χ0n) is 8.25. The molecule has 1 radical (unpaired) electrons. The molecule has 2 rings (SSSR count). The van der Waals surface area contributed by atoms with Crippen LogP contribution in [0.3, 0.4) is 0 Å². The monoisotopic (exact) mass is 237 g/mol. The fourth-order valence-corrected chi connectivity index (χ4v) is 2.10. The Labute approximate surface area is 92.9 Å². The van der Waals surface area contributed by atoms with Crippen LogP contribution in [0, 0.1) is 6.92 Å². The Bertz CT molecular complexity index is 603. The normalized spacial score (nSPS) is 11.6. The molecular formula is C10H9N2O3S. The van der Waals surface area contributed by atoms with Gasteiger partial charge in [0, 0.05) is 11.6 Å². The molecule has 0 aliphatic heterocycles. The lowest BCUT2D eigenvalue weighted by Gasteiger charge is -2.05. The Hall–Kier alpha value is -1.66. The second-order valence-corrected chi connectivity index (χ2v) is 4.79. The van der Waals surface area contributed by atoms with E-state index >= 15 is 0 Å². The quantitative estimate of drug-likeness (QED) is 0.849. The van der Waals surface area contributed by atoms with Crippen molar-refractivity contribution in [2.45, 2.75) is 4.90 Å². The molecule has 5 nitrogen and oxygen atoms in total. The van der Waals surface area contributed by atoms with Crippen molar-refractivity contribution in [1.29, 1.82) is 0 Å². The first-order chi connectivity index (χ1) is 7.48. The Morgan fingerprint density at radius 2 is 2.06 bits per heavy atom. The summed E-state index contributed by atoms with van der Waals surface area (Å²) in [6, 6.07) is 6.13. The van der Waals surface area contributed by atoms with Crippen LogP contribution in [0.1, 0.15) is 5.56 Å². The largest absolute Gasteiger partial charge is 0.364 e. The number of hydrogen-bond donors (Lipinski definition) is 1. The van der Waals surface area contributed by atoms with Gasteiger partial charge in [0.2, 0.25) is 10.0 Å². The van der Waals surface area contributed by atoms with Crippen LogP contribution in [-0.4, -0.2) is 13.6 Å². The van der Waals surface area contributed by atoms with Crippen LogP contribution in [0.5, 0.6) is 0 Å². The summed E-state index contributed by atoms with van der Waals surface area (Å²) in [5, 5.41) is 8.79. The van der Waals surface area contributed by atoms with E-state index in [4.69, 9.17) is 5.14 Å². The fraction of sp³-hybridized carbons (Fsp3) is 0. The van der Waals surface area contributed by atoms with Crippen molar-refractivity contribution < 1.29 is 12.9 Å². The summed E-state index contributed by atoms with van der Waals surface area (Å²) < 4.78 is 27.4. The molecule has 0 unspecified atom stereocenters. The molecule has 0 saturated heterocycles. The summed E-state index contributed by atoms with van der Waals surface area (Å²) in [7, 11) is -3.79. The van der Waals surface area contributed by atoms with E-state index in [-0.39, 0.29) is 4.90 Å². The third kappa shape index (κ3) is 1.98. The highest BCUT2D eigenvalue weighted by Gasteiger charge is 2.16. The Kier molecular flexibility index (Phi) is 2.53. The maximum Gasteiger partial charge on any atom is 0.238 e. The smallest absolute Gasteiger partial charge is 0.238 e. The van der Waals surface area contributed by atoms with Crippen molar-refractivity contribution in [1.82, 2.24) is 5.16 Å². The van der Waals surface area contributed by atoms with Gasteiger partial charge in [0.25, 0.3) is 0 Å². The summed E-state index contributed by atoms with van der Waals surface area (Å²) in [4.78, 5) is 0.00815. The number of hydrogen-bond acceptors (Lipinski definition) is 4. The van der Waals surface area contributed by atoms with Gasteiger partial charge in [-0.3, -0.25) is 0 Å². The summed E-state index contributed by atoms with van der Waals surface area (Å²) in [5.74, 6) is 0. The highest BCUT2D eigenvalue weighted by molar-refractivity contribution is 7.89. The predicted octanol–water partition coefficient (Wildman–Crippen LogP) is 1.17. The highest BCUT2D eigenvalue weighted by atomic mass is 32.2. The summed E-state index contributed by atoms with van der Waals surface area (Å²) in [6.07, 6.45) is 1.36. The molecule has 0 amide bonds. The Morgan fingerprint density at radius 3 is 2.62 bits per heavy atom. The molecular weight excluding hydrogens is 228 g/mol. The van der Waals surface area contributed by atoms with Crippen LogP contribution in [0.4, 0.5) is 0 Å². The molecule has 16 heavy (non-hydrogen) atoms. The average molecular weight is 237 g/mol. The van der Waals surface area contributed by atoms with Crippen molar-refractivity contribution >= 4 is 10.0 Å². The van der Waals surface area contributed by atoms with Gasteiger partial charge in [-0.2, -0.15) is 0 Å². The maximum absolute atomic E-state index is 11.4. The SMILES string of the molecule is [CH2]c1ccc(S(N)(=O)=O)c(-c2ccon2)c1. The maximum atomic E-state index is 11.4. The minimum atomic E-state index is -3.79. The molecule has 0 atom stereocenters. The average Bonchev–Trinajstić information content (AvgIpc) is 2.68. The van der Waals surface area contributed by atoms with Gasteiger partial charge in [0.15, 0.2) is 0 Å². The van der Waals surface area contributed by atoms with Gasteiger partial charge >= 0.3 is 0 Å². The summed E-state index contributed by atoms with van der Waals surface area (Å²) in [6.45, 7) is 3.72. The molecule has 0 saturated carbocycles. The van der Waals surface area contributed by atoms with E-state index in [9.17, 15) is 8.42 Å². The van der Waals surface area contributed by atoms with Gasteiger partial charge in [-0.15, -0.1) is 0 Å². The first kappa shape index (κ1) is 10.8. The van der Waals surface area contributed by atoms with Crippen molar-refractivity contribution in [3.63, 3.8) is 0 Å². The topological polar surface area (TPSA) is 86.2 Å². The molecule has 1 aromatic heterocycles. The third-order valence-electron chi connectivity index (χ3n) is 2.06. The van der Waals surface area contributed by atoms with Crippen LogP contribution in [0.2, 0.25) is 0 Å². The fourth-order valence-electron chi connectivity index (χ4n) is 1.38. The third-order valence-corrected chi connectivity index (χ3v) is 3.03. The van der Waals surface area contributed by atoms with Crippen LogP contribution in [-0.2, 0) is 10.0 Å². The molecule has 1 heterocycles. The Balaban J connectivity index is 2.73. The summed E-state index contributed by atoms with van der Waals surface area (Å²) in [5.41, 5.74) is 1.48. The molecule has 0 spiro atoms. The first-order valence-electron chi connectivity index (χ1n) is 4.38. The molecule has 0 bridgehead atoms. The van der Waals surface area contributed by atoms with Crippen LogP contribution < -0.4 is 5.14 Å². The van der Waals surface area contributed by atoms with Crippen LogP contribution in [0.15, 0.2) is 39.9 Å². The molecule has 6 heteroatoms. The predicted molar refractivity (Wildman–Crippen MR) is 57.8 cm³/mol. The number of primary sulfonamides is 1. The molecule has 0 aliphatic rings. The van der Waals surface area contributed by atoms with Gasteiger partial charge < -0.3 is 4.52 Å². The highest BCUT2D eigenvalue weighted by Crippen LogP contribution is 2.26. The number of rotatable bonds is 2. The van der Waals surface area contributed by atoms with E-state index < -0.39 is 10.0 Å². The number of nitrogens with two attached hydrogens (primary N) is 1. The minimum Gasteiger partial charge on any atom is -0.364 e. The molecule has 1 aromatic carbocycles. The van der Waals surface area contributed by atoms with Gasteiger partial charge in [0.05, 0.1) is 4.90 Å². The Morgan fingerprint density at radius 1 is 1.31 bits per heavy atom. The van der Waals surface area contributed by atoms with Gasteiger partial charge in [0.1, 0.15) is 12.0 Å². The van der Waals surface area contributed by atoms with E-state index in [1.54, 1.807) is 18.2 Å². The zero-order chi connectivity index (χ0) is 11.8. The lowest BCUT2D eigenvalue weighted by molar-refractivity contribution is 0.422. The van der Waals surface area contributed by atoms with E-state index in [2.05, 4.69) is 16.6 Å². The van der Waals surface area contributed by atoms with Crippen LogP contribution >= 0.6 is 0 Å². The van der Waals surface area contributed by atoms with E-state index in [0.717, 1.165) is 0 Å². The van der Waals surface area contributed by atoms with Crippen LogP contribution in [0.25, 0.3) is 11.3 Å². The number of aromatic nitrogens is 1. The van der Waals surface area contributed by atoms with Gasteiger partial charge in [-0.05, 0) is 24.6 Å². The van der Waals surface area contributed by atoms with Crippen molar-refractivity contribution in [2.75, 3.05) is 0 Å². The summed E-state index contributed by atoms with van der Waals surface area (Å²) >= 11 is 0. The van der Waals surface area contributed by atoms with E-state index in [0.29, 0.717) is 16.8 Å². The number of nitrogens with zero attached hydrogens (tertiary/aromatic N) is 1. The standard InChI is InChI=1S/C10H9N2O3S/c1-7-2-3-10(16(11,13)14)8(6-7)9-4-5-15-12-9/h2-6H,1H2,(H2,11,13,14). The second kappa shape index (κ2) is 3.73. The molecule has 0 fully saturated rings. The molecule has 2 aromatic rings. The lowest BCUT2D eigenvalue weighted by Crippen LogP contribution is -2.13. The molecule has 83 valence electrons. The van der Waals surface area contributed by atoms with E-state index in [1.165, 1.54) is 12.3 Å². The minimum absolute atomic E-state index is 0.00815. The molecule has 2 N–H and O–H groups in total. The van der Waals surface area contributed by atoms with E-state index in [1.807, 2.05) is 0 Å². The molecule has 0 aliphatic carbocycles. The van der Waals surface area contributed by atoms with Gasteiger partial charge in [-0.25, -0.2) is 13.6 Å². The van der Waals surface area contributed by atoms with Crippen molar-refractivity contribution in [2.24, 2.45) is 5.14 Å². The van der Waals surface area contributed by atoms with Crippen molar-refractivity contribution in [3.05, 3.63) is 43.0 Å². The van der Waals surface area contributed by atoms with Crippen molar-refractivity contribution in [3.8, 4) is 11.3 Å².